The van der Waals surface area contributed by atoms with Crippen LogP contribution in [-0.2, 0) is 13.6 Å². The molecule has 1 aromatic heterocycles. The third-order valence-corrected chi connectivity index (χ3v) is 3.34. The summed E-state index contributed by atoms with van der Waals surface area (Å²) in [5.41, 5.74) is 1.99. The van der Waals surface area contributed by atoms with Gasteiger partial charge in [0.1, 0.15) is 5.82 Å². The first kappa shape index (κ1) is 13.3. The van der Waals surface area contributed by atoms with E-state index < -0.39 is 0 Å². The number of aliphatic hydroxyl groups is 1. The van der Waals surface area contributed by atoms with Crippen LogP contribution >= 0.6 is 11.6 Å². The van der Waals surface area contributed by atoms with Crippen molar-refractivity contribution in [2.24, 2.45) is 7.05 Å². The Kier molecular flexibility index (Phi) is 4.22. The first-order chi connectivity index (χ1) is 8.61. The average Bonchev–Trinajstić information content (AvgIpc) is 2.63. The second kappa shape index (κ2) is 5.69. The molecule has 2 aromatic rings. The van der Waals surface area contributed by atoms with Gasteiger partial charge in [0, 0.05) is 24.7 Å². The largest absolute Gasteiger partial charge is 0.396 e. The van der Waals surface area contributed by atoms with Crippen LogP contribution in [0, 0.1) is 0 Å². The molecule has 0 spiro atoms. The lowest BCUT2D eigenvalue weighted by Crippen LogP contribution is -2.27. The van der Waals surface area contributed by atoms with Crippen molar-refractivity contribution in [1.82, 2.24) is 14.9 Å². The molecule has 0 aliphatic heterocycles. The maximum atomic E-state index is 8.86. The van der Waals surface area contributed by atoms with Crippen molar-refractivity contribution in [2.75, 3.05) is 6.61 Å². The molecule has 1 atom stereocenters. The fourth-order valence-corrected chi connectivity index (χ4v) is 2.11. The molecule has 0 aliphatic carbocycles. The number of aromatic nitrogens is 2. The summed E-state index contributed by atoms with van der Waals surface area (Å²) < 4.78 is 2.06. The number of imidazole rings is 1. The molecule has 0 saturated carbocycles. The second-order valence-corrected chi connectivity index (χ2v) is 4.95. The van der Waals surface area contributed by atoms with Gasteiger partial charge in [-0.25, -0.2) is 4.98 Å². The number of nitrogens with one attached hydrogen (secondary N) is 1. The molecule has 0 fully saturated rings. The second-order valence-electron chi connectivity index (χ2n) is 4.51. The van der Waals surface area contributed by atoms with Crippen molar-refractivity contribution in [3.8, 4) is 0 Å². The van der Waals surface area contributed by atoms with E-state index in [0.717, 1.165) is 23.3 Å². The van der Waals surface area contributed by atoms with E-state index in [1.54, 1.807) is 0 Å². The van der Waals surface area contributed by atoms with E-state index in [-0.39, 0.29) is 12.6 Å². The van der Waals surface area contributed by atoms with Crippen LogP contribution in [0.3, 0.4) is 0 Å². The predicted octanol–water partition coefficient (Wildman–Crippen LogP) is 2.09. The van der Waals surface area contributed by atoms with Crippen LogP contribution in [0.15, 0.2) is 18.2 Å². The van der Waals surface area contributed by atoms with Crippen molar-refractivity contribution in [3.63, 3.8) is 0 Å². The highest BCUT2D eigenvalue weighted by Crippen LogP contribution is 2.19. The fraction of sp³-hybridized carbons (Fsp3) is 0.462. The number of nitrogens with zero attached hydrogens (tertiary/aromatic N) is 2. The van der Waals surface area contributed by atoms with Gasteiger partial charge >= 0.3 is 0 Å². The number of aliphatic hydroxyl groups excluding tert-OH is 1. The van der Waals surface area contributed by atoms with E-state index in [2.05, 4.69) is 21.8 Å². The highest BCUT2D eigenvalue weighted by Gasteiger charge is 2.09. The van der Waals surface area contributed by atoms with E-state index in [0.29, 0.717) is 11.6 Å². The van der Waals surface area contributed by atoms with Gasteiger partial charge in [-0.05, 0) is 31.5 Å². The standard InChI is InChI=1S/C13H18ClN3O/c1-9(5-6-18)15-8-13-16-11-7-10(14)3-4-12(11)17(13)2/h3-4,7,9,15,18H,5-6,8H2,1-2H3/t9-/m1/s1. The first-order valence-corrected chi connectivity index (χ1v) is 6.44. The van der Waals surface area contributed by atoms with Gasteiger partial charge in [0.25, 0.3) is 0 Å². The fourth-order valence-electron chi connectivity index (χ4n) is 1.94. The van der Waals surface area contributed by atoms with Gasteiger partial charge in [0.2, 0.25) is 0 Å². The molecular formula is C13H18ClN3O. The van der Waals surface area contributed by atoms with Crippen LogP contribution in [0.5, 0.6) is 0 Å². The Bertz CT molecular complexity index is 538. The van der Waals surface area contributed by atoms with E-state index in [1.807, 2.05) is 25.2 Å². The molecule has 98 valence electrons. The van der Waals surface area contributed by atoms with Crippen LogP contribution in [0.4, 0.5) is 0 Å². The van der Waals surface area contributed by atoms with Gasteiger partial charge in [-0.2, -0.15) is 0 Å². The number of halogens is 1. The van der Waals surface area contributed by atoms with Crippen molar-refractivity contribution in [1.29, 1.82) is 0 Å². The zero-order valence-electron chi connectivity index (χ0n) is 10.7. The lowest BCUT2D eigenvalue weighted by atomic mass is 10.2. The third-order valence-electron chi connectivity index (χ3n) is 3.11. The minimum Gasteiger partial charge on any atom is -0.396 e. The Balaban J connectivity index is 2.16. The molecule has 1 heterocycles. The van der Waals surface area contributed by atoms with Gasteiger partial charge in [-0.3, -0.25) is 0 Å². The number of benzene rings is 1. The summed E-state index contributed by atoms with van der Waals surface area (Å²) in [7, 11) is 2.00. The zero-order chi connectivity index (χ0) is 13.1. The molecule has 0 bridgehead atoms. The van der Waals surface area contributed by atoms with E-state index in [9.17, 15) is 0 Å². The molecule has 0 saturated heterocycles. The van der Waals surface area contributed by atoms with Crippen molar-refractivity contribution in [2.45, 2.75) is 25.9 Å². The normalized spacial score (nSPS) is 13.1. The summed E-state index contributed by atoms with van der Waals surface area (Å²) in [4.78, 5) is 4.56. The number of rotatable bonds is 5. The summed E-state index contributed by atoms with van der Waals surface area (Å²) in [6.45, 7) is 2.94. The number of hydrogen-bond donors (Lipinski definition) is 2. The molecule has 0 amide bonds. The molecule has 0 radical (unpaired) electrons. The zero-order valence-corrected chi connectivity index (χ0v) is 11.4. The van der Waals surface area contributed by atoms with E-state index >= 15 is 0 Å². The van der Waals surface area contributed by atoms with Crippen molar-refractivity contribution >= 4 is 22.6 Å². The summed E-state index contributed by atoms with van der Waals surface area (Å²) in [6, 6.07) is 6.00. The monoisotopic (exact) mass is 267 g/mol. The maximum absolute atomic E-state index is 8.86. The highest BCUT2D eigenvalue weighted by atomic mass is 35.5. The molecule has 5 heteroatoms. The van der Waals surface area contributed by atoms with Crippen LogP contribution in [-0.4, -0.2) is 27.3 Å². The number of aryl methyl sites for hydroxylation is 1. The van der Waals surface area contributed by atoms with Gasteiger partial charge < -0.3 is 15.0 Å². The molecule has 4 nitrogen and oxygen atoms in total. The van der Waals surface area contributed by atoms with Crippen molar-refractivity contribution in [3.05, 3.63) is 29.0 Å². The van der Waals surface area contributed by atoms with Gasteiger partial charge in [-0.15, -0.1) is 0 Å². The predicted molar refractivity (Wildman–Crippen MR) is 73.7 cm³/mol. The van der Waals surface area contributed by atoms with E-state index in [4.69, 9.17) is 16.7 Å². The van der Waals surface area contributed by atoms with Gasteiger partial charge in [0.15, 0.2) is 0 Å². The van der Waals surface area contributed by atoms with Crippen LogP contribution in [0.1, 0.15) is 19.2 Å². The molecule has 2 N–H and O–H groups in total. The quantitative estimate of drug-likeness (QED) is 0.872. The summed E-state index contributed by atoms with van der Waals surface area (Å²) in [5, 5.41) is 12.9. The van der Waals surface area contributed by atoms with Crippen molar-refractivity contribution < 1.29 is 5.11 Å². The Labute approximate surface area is 112 Å². The molecule has 0 unspecified atom stereocenters. The molecular weight excluding hydrogens is 250 g/mol. The lowest BCUT2D eigenvalue weighted by molar-refractivity contribution is 0.268. The molecule has 2 rings (SSSR count). The Morgan fingerprint density at radius 1 is 1.50 bits per heavy atom. The van der Waals surface area contributed by atoms with E-state index in [1.165, 1.54) is 0 Å². The number of hydrogen-bond acceptors (Lipinski definition) is 3. The summed E-state index contributed by atoms with van der Waals surface area (Å²) in [5.74, 6) is 0.969. The summed E-state index contributed by atoms with van der Waals surface area (Å²) >= 11 is 5.96. The highest BCUT2D eigenvalue weighted by molar-refractivity contribution is 6.31. The van der Waals surface area contributed by atoms with Gasteiger partial charge in [0.05, 0.1) is 17.6 Å². The first-order valence-electron chi connectivity index (χ1n) is 6.07. The average molecular weight is 268 g/mol. The molecule has 1 aromatic carbocycles. The minimum absolute atomic E-state index is 0.201. The van der Waals surface area contributed by atoms with Crippen LogP contribution in [0.25, 0.3) is 11.0 Å². The van der Waals surface area contributed by atoms with Crippen LogP contribution in [0.2, 0.25) is 5.02 Å². The molecule has 0 aliphatic rings. The van der Waals surface area contributed by atoms with Gasteiger partial charge in [-0.1, -0.05) is 11.6 Å². The maximum Gasteiger partial charge on any atom is 0.123 e. The summed E-state index contributed by atoms with van der Waals surface area (Å²) in [6.07, 6.45) is 0.746. The Morgan fingerprint density at radius 3 is 3.00 bits per heavy atom. The Hall–Kier alpha value is -1.10. The Morgan fingerprint density at radius 2 is 2.28 bits per heavy atom. The lowest BCUT2D eigenvalue weighted by Gasteiger charge is -2.11. The minimum atomic E-state index is 0.201. The smallest absolute Gasteiger partial charge is 0.123 e. The number of fused-ring (bicyclic) bond motifs is 1. The molecule has 18 heavy (non-hydrogen) atoms. The topological polar surface area (TPSA) is 50.1 Å². The SMILES string of the molecule is C[C@H](CCO)NCc1nc2cc(Cl)ccc2n1C. The third kappa shape index (κ3) is 2.83. The van der Waals surface area contributed by atoms with Crippen LogP contribution < -0.4 is 5.32 Å².